The predicted molar refractivity (Wildman–Crippen MR) is 80.6 cm³/mol. The van der Waals surface area contributed by atoms with Gasteiger partial charge in [0.05, 0.1) is 6.10 Å². The van der Waals surface area contributed by atoms with Gasteiger partial charge in [0.15, 0.2) is 0 Å². The molecule has 1 atom stereocenters. The number of anilines is 2. The van der Waals surface area contributed by atoms with Crippen LogP contribution in [0.2, 0.25) is 0 Å². The van der Waals surface area contributed by atoms with Crippen LogP contribution < -0.4 is 21.3 Å². The summed E-state index contributed by atoms with van der Waals surface area (Å²) in [6.07, 6.45) is 2.19. The Morgan fingerprint density at radius 1 is 1.00 bits per heavy atom. The van der Waals surface area contributed by atoms with Crippen molar-refractivity contribution in [1.29, 1.82) is 0 Å². The van der Waals surface area contributed by atoms with Gasteiger partial charge in [0.1, 0.15) is 0 Å². The second kappa shape index (κ2) is 7.84. The third-order valence-corrected chi connectivity index (χ3v) is 2.64. The van der Waals surface area contributed by atoms with E-state index in [0.717, 1.165) is 12.8 Å². The van der Waals surface area contributed by atoms with Gasteiger partial charge >= 0.3 is 6.01 Å². The Balaban J connectivity index is 2.72. The molecule has 0 spiro atoms. The molecule has 114 valence electrons. The molecule has 0 fully saturated rings. The molecule has 0 aromatic carbocycles. The third-order valence-electron chi connectivity index (χ3n) is 2.64. The van der Waals surface area contributed by atoms with Crippen molar-refractivity contribution in [3.8, 4) is 6.01 Å². The third kappa shape index (κ3) is 6.01. The molecule has 0 saturated heterocycles. The fourth-order valence-electron chi connectivity index (χ4n) is 1.63. The lowest BCUT2D eigenvalue weighted by molar-refractivity contribution is 0.222. The summed E-state index contributed by atoms with van der Waals surface area (Å²) in [7, 11) is 0. The van der Waals surface area contributed by atoms with Crippen LogP contribution in [0.4, 0.5) is 11.9 Å². The second-order valence-corrected chi connectivity index (χ2v) is 5.59. The second-order valence-electron chi connectivity index (χ2n) is 5.59. The molecule has 0 radical (unpaired) electrons. The van der Waals surface area contributed by atoms with Crippen LogP contribution in [0.1, 0.15) is 47.5 Å². The highest BCUT2D eigenvalue weighted by atomic mass is 16.5. The topological polar surface area (TPSA) is 98.0 Å². The summed E-state index contributed by atoms with van der Waals surface area (Å²) in [4.78, 5) is 12.5. The van der Waals surface area contributed by atoms with Crippen molar-refractivity contribution in [2.24, 2.45) is 11.8 Å². The van der Waals surface area contributed by atoms with Gasteiger partial charge in [-0.05, 0) is 39.5 Å². The smallest absolute Gasteiger partial charge is 0.323 e. The number of hydrazine groups is 1. The molecule has 0 bridgehead atoms. The number of rotatable bonds is 8. The molecule has 1 unspecified atom stereocenters. The van der Waals surface area contributed by atoms with E-state index >= 15 is 0 Å². The number of nitrogens with two attached hydrogens (primary N) is 1. The summed E-state index contributed by atoms with van der Waals surface area (Å²) in [6.45, 7) is 10.3. The van der Waals surface area contributed by atoms with E-state index < -0.39 is 0 Å². The van der Waals surface area contributed by atoms with E-state index in [4.69, 9.17) is 10.6 Å². The Morgan fingerprint density at radius 2 is 1.65 bits per heavy atom. The lowest BCUT2D eigenvalue weighted by Gasteiger charge is -2.16. The monoisotopic (exact) mass is 282 g/mol. The van der Waals surface area contributed by atoms with Gasteiger partial charge in [-0.2, -0.15) is 15.0 Å². The molecule has 0 aliphatic heterocycles. The van der Waals surface area contributed by atoms with Crippen molar-refractivity contribution in [2.75, 3.05) is 10.7 Å². The van der Waals surface area contributed by atoms with Gasteiger partial charge < -0.3 is 10.1 Å². The first kappa shape index (κ1) is 16.4. The molecule has 1 heterocycles. The van der Waals surface area contributed by atoms with Crippen molar-refractivity contribution in [3.05, 3.63) is 0 Å². The summed E-state index contributed by atoms with van der Waals surface area (Å²) >= 11 is 0. The zero-order valence-electron chi connectivity index (χ0n) is 13.0. The first-order chi connectivity index (χ1) is 9.40. The standard InChI is InChI=1S/C13H26N6O/c1-8(2)6-7-10(5)15-11-16-12(19-14)18-13(17-11)20-9(3)4/h8-10H,6-7,14H2,1-5H3,(H2,15,16,17,18,19). The van der Waals surface area contributed by atoms with Gasteiger partial charge in [-0.1, -0.05) is 13.8 Å². The summed E-state index contributed by atoms with van der Waals surface area (Å²) < 4.78 is 5.48. The Labute approximate surface area is 120 Å². The SMILES string of the molecule is CC(C)CCC(C)Nc1nc(NN)nc(OC(C)C)n1. The first-order valence-corrected chi connectivity index (χ1v) is 7.06. The van der Waals surface area contributed by atoms with Crippen LogP contribution in [0.25, 0.3) is 0 Å². The highest BCUT2D eigenvalue weighted by Crippen LogP contribution is 2.14. The van der Waals surface area contributed by atoms with Crippen LogP contribution >= 0.6 is 0 Å². The molecule has 0 amide bonds. The molecular formula is C13H26N6O. The van der Waals surface area contributed by atoms with Gasteiger partial charge in [-0.15, -0.1) is 0 Å². The molecule has 20 heavy (non-hydrogen) atoms. The Morgan fingerprint density at radius 3 is 2.20 bits per heavy atom. The van der Waals surface area contributed by atoms with Crippen LogP contribution in [-0.2, 0) is 0 Å². The average Bonchev–Trinajstić information content (AvgIpc) is 2.35. The van der Waals surface area contributed by atoms with Crippen molar-refractivity contribution < 1.29 is 4.74 Å². The Hall–Kier alpha value is -1.63. The maximum Gasteiger partial charge on any atom is 0.323 e. The number of ether oxygens (including phenoxy) is 1. The van der Waals surface area contributed by atoms with Gasteiger partial charge in [0, 0.05) is 6.04 Å². The van der Waals surface area contributed by atoms with E-state index in [9.17, 15) is 0 Å². The Kier molecular flexibility index (Phi) is 6.44. The average molecular weight is 282 g/mol. The van der Waals surface area contributed by atoms with Crippen molar-refractivity contribution in [3.63, 3.8) is 0 Å². The van der Waals surface area contributed by atoms with Gasteiger partial charge in [0.25, 0.3) is 0 Å². The summed E-state index contributed by atoms with van der Waals surface area (Å²) in [5, 5.41) is 3.25. The fraction of sp³-hybridized carbons (Fsp3) is 0.769. The van der Waals surface area contributed by atoms with Crippen LogP contribution in [0.5, 0.6) is 6.01 Å². The lowest BCUT2D eigenvalue weighted by atomic mass is 10.0. The van der Waals surface area contributed by atoms with E-state index in [2.05, 4.69) is 46.5 Å². The van der Waals surface area contributed by atoms with Gasteiger partial charge in [-0.3, -0.25) is 5.43 Å². The van der Waals surface area contributed by atoms with Gasteiger partial charge in [0.2, 0.25) is 11.9 Å². The van der Waals surface area contributed by atoms with Crippen LogP contribution in [0, 0.1) is 5.92 Å². The largest absolute Gasteiger partial charge is 0.461 e. The highest BCUT2D eigenvalue weighted by Gasteiger charge is 2.11. The molecule has 4 N–H and O–H groups in total. The zero-order valence-corrected chi connectivity index (χ0v) is 13.0. The lowest BCUT2D eigenvalue weighted by Crippen LogP contribution is -2.20. The number of nitrogens with zero attached hydrogens (tertiary/aromatic N) is 3. The molecule has 1 rings (SSSR count). The van der Waals surface area contributed by atoms with E-state index in [0.29, 0.717) is 11.9 Å². The number of hydrogen-bond acceptors (Lipinski definition) is 7. The molecule has 0 aliphatic carbocycles. The minimum absolute atomic E-state index is 0.00533. The molecule has 0 aliphatic rings. The van der Waals surface area contributed by atoms with Gasteiger partial charge in [-0.25, -0.2) is 5.84 Å². The molecule has 1 aromatic rings. The van der Waals surface area contributed by atoms with Crippen molar-refractivity contribution in [1.82, 2.24) is 15.0 Å². The fourth-order valence-corrected chi connectivity index (χ4v) is 1.63. The number of nitrogen functional groups attached to an aromatic ring is 1. The normalized spacial score (nSPS) is 12.6. The van der Waals surface area contributed by atoms with Crippen LogP contribution in [0.15, 0.2) is 0 Å². The van der Waals surface area contributed by atoms with E-state index in [1.807, 2.05) is 13.8 Å². The highest BCUT2D eigenvalue weighted by molar-refractivity contribution is 5.35. The van der Waals surface area contributed by atoms with E-state index in [-0.39, 0.29) is 24.1 Å². The van der Waals surface area contributed by atoms with Crippen LogP contribution in [-0.4, -0.2) is 27.1 Å². The molecular weight excluding hydrogens is 256 g/mol. The summed E-state index contributed by atoms with van der Waals surface area (Å²) in [5.41, 5.74) is 2.42. The van der Waals surface area contributed by atoms with E-state index in [1.54, 1.807) is 0 Å². The number of hydrogen-bond donors (Lipinski definition) is 3. The molecule has 7 nitrogen and oxygen atoms in total. The maximum absolute atomic E-state index is 5.48. The van der Waals surface area contributed by atoms with Crippen LogP contribution in [0.3, 0.4) is 0 Å². The minimum Gasteiger partial charge on any atom is -0.461 e. The molecule has 0 saturated carbocycles. The zero-order chi connectivity index (χ0) is 15.1. The number of nitrogens with one attached hydrogen (secondary N) is 2. The number of aromatic nitrogens is 3. The quantitative estimate of drug-likeness (QED) is 0.496. The molecule has 7 heteroatoms. The van der Waals surface area contributed by atoms with E-state index in [1.165, 1.54) is 0 Å². The molecule has 1 aromatic heterocycles. The predicted octanol–water partition coefficient (Wildman–Crippen LogP) is 2.18. The Bertz CT molecular complexity index is 410. The minimum atomic E-state index is -0.00533. The van der Waals surface area contributed by atoms with Crippen molar-refractivity contribution in [2.45, 2.75) is 59.6 Å². The maximum atomic E-state index is 5.48. The van der Waals surface area contributed by atoms with Crippen molar-refractivity contribution >= 4 is 11.9 Å². The summed E-state index contributed by atoms with van der Waals surface area (Å²) in [6, 6.07) is 0.541. The summed E-state index contributed by atoms with van der Waals surface area (Å²) in [5.74, 6) is 6.80. The first-order valence-electron chi connectivity index (χ1n) is 7.06.